The molecule has 0 radical (unpaired) electrons. The van der Waals surface area contributed by atoms with Crippen molar-refractivity contribution < 1.29 is 37.0 Å². The van der Waals surface area contributed by atoms with Gasteiger partial charge in [-0.15, -0.1) is 0 Å². The van der Waals surface area contributed by atoms with Crippen LogP contribution in [0.15, 0.2) is 42.9 Å². The van der Waals surface area contributed by atoms with Gasteiger partial charge >= 0.3 is 12.1 Å². The third-order valence-corrected chi connectivity index (χ3v) is 6.47. The Balaban J connectivity index is 1.91. The number of hydrogen-bond acceptors (Lipinski definition) is 8. The van der Waals surface area contributed by atoms with Crippen molar-refractivity contribution in [3.8, 4) is 22.8 Å². The predicted molar refractivity (Wildman–Crippen MR) is 152 cm³/mol. The molecule has 0 fully saturated rings. The highest BCUT2D eigenvalue weighted by Gasteiger charge is 2.30. The van der Waals surface area contributed by atoms with Crippen LogP contribution in [0.25, 0.3) is 22.5 Å². The first kappa shape index (κ1) is 32.0. The maximum atomic E-state index is 12.6. The van der Waals surface area contributed by atoms with Crippen LogP contribution in [0.5, 0.6) is 11.5 Å². The van der Waals surface area contributed by atoms with Gasteiger partial charge in [0.05, 0.1) is 38.6 Å². The van der Waals surface area contributed by atoms with Crippen molar-refractivity contribution >= 4 is 29.3 Å². The third-order valence-electron chi connectivity index (χ3n) is 6.47. The summed E-state index contributed by atoms with van der Waals surface area (Å²) in [5.41, 5.74) is 2.78. The normalized spacial score (nSPS) is 12.6. The second-order valence-corrected chi connectivity index (χ2v) is 9.60. The van der Waals surface area contributed by atoms with Crippen molar-refractivity contribution in [3.05, 3.63) is 54.0 Å². The van der Waals surface area contributed by atoms with E-state index in [1.165, 1.54) is 32.6 Å². The largest absolute Gasteiger partial charge is 0.496 e. The number of nitrogens with zero attached hydrogens (tertiary/aromatic N) is 2. The van der Waals surface area contributed by atoms with Gasteiger partial charge < -0.3 is 30.3 Å². The lowest BCUT2D eigenvalue weighted by Crippen LogP contribution is -2.34. The first-order valence-electron chi connectivity index (χ1n) is 13.1. The number of hydrogen-bond donors (Lipinski definition) is 3. The zero-order valence-corrected chi connectivity index (χ0v) is 24.0. The number of ether oxygens (including phenoxy) is 3. The summed E-state index contributed by atoms with van der Waals surface area (Å²) in [7, 11) is 2.60. The Morgan fingerprint density at radius 1 is 1.14 bits per heavy atom. The molecule has 2 heterocycles. The molecular formula is C29H34F3N5O5. The number of aromatic nitrogens is 2. The molecule has 0 aliphatic heterocycles. The van der Waals surface area contributed by atoms with Crippen LogP contribution >= 0.6 is 0 Å². The van der Waals surface area contributed by atoms with E-state index in [1.54, 1.807) is 42.1 Å². The average Bonchev–Trinajstić information content (AvgIpc) is 3.38. The number of carbonyl (C=O) groups is 2. The van der Waals surface area contributed by atoms with Crippen molar-refractivity contribution in [2.75, 3.05) is 33.9 Å². The Hall–Kier alpha value is -4.55. The molecule has 0 aliphatic rings. The number of fused-ring (bicyclic) bond motifs is 1. The van der Waals surface area contributed by atoms with Crippen LogP contribution in [0.1, 0.15) is 36.7 Å². The summed E-state index contributed by atoms with van der Waals surface area (Å²) in [6.07, 6.45) is 1.62. The molecule has 3 rings (SSSR count). The number of carbonyl (C=O) groups excluding carboxylic acids is 2. The van der Waals surface area contributed by atoms with Crippen molar-refractivity contribution in [2.45, 2.75) is 26.9 Å². The van der Waals surface area contributed by atoms with Gasteiger partial charge in [-0.2, -0.15) is 13.2 Å². The Morgan fingerprint density at radius 3 is 2.36 bits per heavy atom. The molecule has 42 heavy (non-hydrogen) atoms. The minimum Gasteiger partial charge on any atom is -0.496 e. The summed E-state index contributed by atoms with van der Waals surface area (Å²) in [6, 6.07) is 6.60. The van der Waals surface area contributed by atoms with Crippen LogP contribution in [0, 0.1) is 17.2 Å². The van der Waals surface area contributed by atoms with E-state index < -0.39 is 18.6 Å². The van der Waals surface area contributed by atoms with Gasteiger partial charge in [0.25, 0.3) is 5.91 Å². The maximum Gasteiger partial charge on any atom is 0.405 e. The highest BCUT2D eigenvalue weighted by Crippen LogP contribution is 2.35. The van der Waals surface area contributed by atoms with Crippen molar-refractivity contribution in [1.29, 1.82) is 5.41 Å². The second-order valence-electron chi connectivity index (χ2n) is 9.60. The number of amides is 1. The topological polar surface area (TPSA) is 127 Å². The van der Waals surface area contributed by atoms with Crippen LogP contribution in [0.4, 0.5) is 13.2 Å². The van der Waals surface area contributed by atoms with Gasteiger partial charge in [-0.1, -0.05) is 13.8 Å². The number of rotatable bonds is 13. The highest BCUT2D eigenvalue weighted by atomic mass is 19.4. The summed E-state index contributed by atoms with van der Waals surface area (Å²) in [5.74, 6) is -1.50. The van der Waals surface area contributed by atoms with Crippen LogP contribution in [-0.4, -0.2) is 67.6 Å². The highest BCUT2D eigenvalue weighted by molar-refractivity contribution is 6.08. The Bertz CT molecular complexity index is 1440. The monoisotopic (exact) mass is 589 g/mol. The van der Waals surface area contributed by atoms with Crippen LogP contribution in [0.2, 0.25) is 0 Å². The Morgan fingerprint density at radius 2 is 1.81 bits per heavy atom. The van der Waals surface area contributed by atoms with Crippen LogP contribution in [-0.2, 0) is 9.53 Å². The summed E-state index contributed by atoms with van der Waals surface area (Å²) in [4.78, 5) is 29.3. The summed E-state index contributed by atoms with van der Waals surface area (Å²) < 4.78 is 55.5. The van der Waals surface area contributed by atoms with Crippen molar-refractivity contribution in [3.63, 3.8) is 0 Å². The molecule has 1 unspecified atom stereocenters. The van der Waals surface area contributed by atoms with E-state index in [2.05, 4.69) is 10.3 Å². The first-order valence-corrected chi connectivity index (χ1v) is 13.1. The fourth-order valence-electron chi connectivity index (χ4n) is 4.27. The number of methoxy groups -OCH3 is 2. The molecule has 1 amide bonds. The number of benzene rings is 1. The molecule has 0 saturated carbocycles. The number of halogens is 3. The zero-order valence-electron chi connectivity index (χ0n) is 24.0. The molecule has 10 nitrogen and oxygen atoms in total. The van der Waals surface area contributed by atoms with Crippen molar-refractivity contribution in [2.24, 2.45) is 11.8 Å². The lowest BCUT2D eigenvalue weighted by molar-refractivity contribution is -0.149. The van der Waals surface area contributed by atoms with Gasteiger partial charge in [0, 0.05) is 36.3 Å². The summed E-state index contributed by atoms with van der Waals surface area (Å²) in [5, 5.41) is 12.9. The number of esters is 1. The predicted octanol–water partition coefficient (Wildman–Crippen LogP) is 4.73. The smallest absolute Gasteiger partial charge is 0.405 e. The van der Waals surface area contributed by atoms with Gasteiger partial charge in [0.2, 0.25) is 0 Å². The van der Waals surface area contributed by atoms with Crippen LogP contribution in [0.3, 0.4) is 0 Å². The standard InChI is InChI=1S/C29H34F3N5O5/c1-6-42-28(39)21(17(2)3)14-34-13-20(12-33)18-7-8-37-22(15-35-25(37)11-18)19-9-23(40-4)26(24(10-19)41-5)27(38)36-16-29(30,31)32/h7-13,15,17,21,33-34H,6,14,16H2,1-5H3,(H,36,38)/b20-13+,33-12?. The van der Waals surface area contributed by atoms with E-state index in [0.29, 0.717) is 41.2 Å². The lowest BCUT2D eigenvalue weighted by atomic mass is 9.96. The van der Waals surface area contributed by atoms with E-state index in [0.717, 1.165) is 0 Å². The summed E-state index contributed by atoms with van der Waals surface area (Å²) >= 11 is 0. The van der Waals surface area contributed by atoms with Gasteiger partial charge in [0.1, 0.15) is 29.3 Å². The fourth-order valence-corrected chi connectivity index (χ4v) is 4.27. The van der Waals surface area contributed by atoms with Gasteiger partial charge in [-0.05, 0) is 42.7 Å². The second kappa shape index (κ2) is 13.9. The molecule has 13 heteroatoms. The van der Waals surface area contributed by atoms with Crippen molar-refractivity contribution in [1.82, 2.24) is 20.0 Å². The number of nitrogens with one attached hydrogen (secondary N) is 3. The molecule has 0 spiro atoms. The maximum absolute atomic E-state index is 12.6. The Kier molecular flexibility index (Phi) is 10.6. The summed E-state index contributed by atoms with van der Waals surface area (Å²) in [6.45, 7) is 4.79. The average molecular weight is 590 g/mol. The molecule has 0 aliphatic carbocycles. The molecule has 226 valence electrons. The number of allylic oxidation sites excluding steroid dienone is 1. The van der Waals surface area contributed by atoms with E-state index in [-0.39, 0.29) is 34.9 Å². The molecule has 3 aromatic rings. The first-order chi connectivity index (χ1) is 19.9. The fraction of sp³-hybridized carbons (Fsp3) is 0.379. The number of alkyl halides is 3. The van der Waals surface area contributed by atoms with Gasteiger partial charge in [-0.25, -0.2) is 4.98 Å². The minimum atomic E-state index is -4.58. The molecule has 1 atom stereocenters. The zero-order chi connectivity index (χ0) is 31.0. The molecule has 2 aromatic heterocycles. The quantitative estimate of drug-likeness (QED) is 0.194. The molecule has 0 bridgehead atoms. The van der Waals surface area contributed by atoms with Gasteiger partial charge in [-0.3, -0.25) is 14.0 Å². The van der Waals surface area contributed by atoms with Crippen LogP contribution < -0.4 is 20.1 Å². The molecule has 1 aromatic carbocycles. The lowest BCUT2D eigenvalue weighted by Gasteiger charge is -2.19. The van der Waals surface area contributed by atoms with E-state index in [4.69, 9.17) is 19.6 Å². The SMILES string of the molecule is CCOC(=O)C(CN/C=C(\C=N)c1ccn2c(-c3cc(OC)c(C(=O)NCC(F)(F)F)c(OC)c3)cnc2c1)C(C)C. The van der Waals surface area contributed by atoms with E-state index in [9.17, 15) is 22.8 Å². The molecule has 3 N–H and O–H groups in total. The minimum absolute atomic E-state index is 0.0261. The van der Waals surface area contributed by atoms with E-state index in [1.807, 2.05) is 19.2 Å². The molecule has 0 saturated heterocycles. The number of imidazole rings is 1. The molecular weight excluding hydrogens is 555 g/mol. The third kappa shape index (κ3) is 7.59. The number of pyridine rings is 1. The van der Waals surface area contributed by atoms with E-state index >= 15 is 0 Å². The Labute approximate surface area is 241 Å². The van der Waals surface area contributed by atoms with Gasteiger partial charge in [0.15, 0.2) is 0 Å².